The summed E-state index contributed by atoms with van der Waals surface area (Å²) in [7, 11) is 0. The molecule has 1 aliphatic heterocycles. The Bertz CT molecular complexity index is 505. The molecule has 20 heavy (non-hydrogen) atoms. The Kier molecular flexibility index (Phi) is 3.99. The third-order valence-corrected chi connectivity index (χ3v) is 4.97. The summed E-state index contributed by atoms with van der Waals surface area (Å²) >= 11 is 6.30. The quantitative estimate of drug-likeness (QED) is 0.910. The van der Waals surface area contributed by atoms with Crippen LogP contribution in [0.2, 0.25) is 5.02 Å². The number of nitrogens with two attached hydrogens (primary N) is 1. The number of hydrogen-bond acceptors (Lipinski definition) is 2. The SMILES string of the molecule is N[C@@H]1CC[C@H](C(=O)N2CCC[C@H]2c2ccccc2Cl)C1. The van der Waals surface area contributed by atoms with E-state index in [-0.39, 0.29) is 23.9 Å². The summed E-state index contributed by atoms with van der Waals surface area (Å²) in [6.45, 7) is 0.848. The van der Waals surface area contributed by atoms with Gasteiger partial charge in [-0.3, -0.25) is 4.79 Å². The van der Waals surface area contributed by atoms with Crippen LogP contribution in [0, 0.1) is 5.92 Å². The summed E-state index contributed by atoms with van der Waals surface area (Å²) < 4.78 is 0. The van der Waals surface area contributed by atoms with Crippen molar-refractivity contribution >= 4 is 17.5 Å². The van der Waals surface area contributed by atoms with Gasteiger partial charge in [-0.05, 0) is 43.7 Å². The van der Waals surface area contributed by atoms with E-state index in [1.54, 1.807) is 0 Å². The van der Waals surface area contributed by atoms with Gasteiger partial charge in [0.25, 0.3) is 0 Å². The fourth-order valence-corrected chi connectivity index (χ4v) is 3.84. The second-order valence-electron chi connectivity index (χ2n) is 5.98. The number of rotatable bonds is 2. The molecule has 1 amide bonds. The van der Waals surface area contributed by atoms with Gasteiger partial charge in [-0.15, -0.1) is 0 Å². The zero-order valence-corrected chi connectivity index (χ0v) is 12.4. The molecule has 3 atom stereocenters. The number of carbonyl (C=O) groups excluding carboxylic acids is 1. The topological polar surface area (TPSA) is 46.3 Å². The van der Waals surface area contributed by atoms with Crippen LogP contribution < -0.4 is 5.73 Å². The molecule has 1 saturated carbocycles. The smallest absolute Gasteiger partial charge is 0.226 e. The number of halogens is 1. The number of hydrogen-bond donors (Lipinski definition) is 1. The Labute approximate surface area is 125 Å². The first-order valence-electron chi connectivity index (χ1n) is 7.47. The molecule has 4 heteroatoms. The van der Waals surface area contributed by atoms with Crippen molar-refractivity contribution in [1.29, 1.82) is 0 Å². The maximum absolute atomic E-state index is 12.7. The lowest BCUT2D eigenvalue weighted by molar-refractivity contribution is -0.136. The minimum Gasteiger partial charge on any atom is -0.335 e. The predicted octanol–water partition coefficient (Wildman–Crippen LogP) is 3.13. The van der Waals surface area contributed by atoms with Crippen molar-refractivity contribution in [2.45, 2.75) is 44.2 Å². The molecule has 0 unspecified atom stereocenters. The molecule has 1 aliphatic carbocycles. The molecule has 108 valence electrons. The molecule has 3 rings (SSSR count). The highest BCUT2D eigenvalue weighted by Gasteiger charge is 2.37. The van der Waals surface area contributed by atoms with E-state index < -0.39 is 0 Å². The second-order valence-corrected chi connectivity index (χ2v) is 6.39. The van der Waals surface area contributed by atoms with Crippen molar-refractivity contribution in [3.63, 3.8) is 0 Å². The Balaban J connectivity index is 1.79. The summed E-state index contributed by atoms with van der Waals surface area (Å²) in [6.07, 6.45) is 4.81. The van der Waals surface area contributed by atoms with E-state index in [9.17, 15) is 4.79 Å². The van der Waals surface area contributed by atoms with E-state index in [2.05, 4.69) is 0 Å². The van der Waals surface area contributed by atoms with Crippen LogP contribution in [-0.2, 0) is 4.79 Å². The van der Waals surface area contributed by atoms with Gasteiger partial charge in [0, 0.05) is 23.5 Å². The summed E-state index contributed by atoms with van der Waals surface area (Å²) in [5.74, 6) is 0.397. The van der Waals surface area contributed by atoms with Crippen LogP contribution in [0.3, 0.4) is 0 Å². The van der Waals surface area contributed by atoms with E-state index >= 15 is 0 Å². The van der Waals surface area contributed by atoms with Gasteiger partial charge in [0.05, 0.1) is 6.04 Å². The first kappa shape index (κ1) is 13.9. The molecule has 3 nitrogen and oxygen atoms in total. The van der Waals surface area contributed by atoms with Crippen molar-refractivity contribution in [3.8, 4) is 0 Å². The molecule has 1 saturated heterocycles. The van der Waals surface area contributed by atoms with Crippen molar-refractivity contribution in [1.82, 2.24) is 4.90 Å². The number of benzene rings is 1. The molecule has 2 fully saturated rings. The van der Waals surface area contributed by atoms with Crippen LogP contribution in [0.25, 0.3) is 0 Å². The number of carbonyl (C=O) groups is 1. The molecular formula is C16H21ClN2O. The fraction of sp³-hybridized carbons (Fsp3) is 0.562. The Hall–Kier alpha value is -1.06. The lowest BCUT2D eigenvalue weighted by atomic mass is 10.0. The third kappa shape index (κ3) is 2.57. The van der Waals surface area contributed by atoms with Crippen LogP contribution >= 0.6 is 11.6 Å². The van der Waals surface area contributed by atoms with Crippen LogP contribution in [0.1, 0.15) is 43.7 Å². The first-order valence-corrected chi connectivity index (χ1v) is 7.85. The van der Waals surface area contributed by atoms with E-state index in [1.807, 2.05) is 29.2 Å². The predicted molar refractivity (Wildman–Crippen MR) is 80.5 cm³/mol. The van der Waals surface area contributed by atoms with Crippen molar-refractivity contribution < 1.29 is 4.79 Å². The molecule has 0 aromatic heterocycles. The maximum atomic E-state index is 12.7. The van der Waals surface area contributed by atoms with Gasteiger partial charge in [-0.1, -0.05) is 29.8 Å². The largest absolute Gasteiger partial charge is 0.335 e. The average molecular weight is 293 g/mol. The van der Waals surface area contributed by atoms with Crippen LogP contribution in [-0.4, -0.2) is 23.4 Å². The van der Waals surface area contributed by atoms with Crippen LogP contribution in [0.15, 0.2) is 24.3 Å². The van der Waals surface area contributed by atoms with Gasteiger partial charge >= 0.3 is 0 Å². The van der Waals surface area contributed by atoms with Crippen molar-refractivity contribution in [3.05, 3.63) is 34.9 Å². The van der Waals surface area contributed by atoms with E-state index in [1.165, 1.54) is 0 Å². The minimum absolute atomic E-state index is 0.119. The van der Waals surface area contributed by atoms with Crippen LogP contribution in [0.4, 0.5) is 0 Å². The molecule has 1 aromatic rings. The fourth-order valence-electron chi connectivity index (χ4n) is 3.57. The molecule has 1 heterocycles. The third-order valence-electron chi connectivity index (χ3n) is 4.62. The Morgan fingerprint density at radius 3 is 2.75 bits per heavy atom. The van der Waals surface area contributed by atoms with E-state index in [4.69, 9.17) is 17.3 Å². The average Bonchev–Trinajstić information content (AvgIpc) is 3.07. The molecule has 0 bridgehead atoms. The van der Waals surface area contributed by atoms with Gasteiger partial charge in [-0.25, -0.2) is 0 Å². The highest BCUT2D eigenvalue weighted by atomic mass is 35.5. The lowest BCUT2D eigenvalue weighted by Gasteiger charge is -2.28. The van der Waals surface area contributed by atoms with Gasteiger partial charge in [0.2, 0.25) is 5.91 Å². The summed E-state index contributed by atoms with van der Waals surface area (Å²) in [5, 5.41) is 0.764. The monoisotopic (exact) mass is 292 g/mol. The van der Waals surface area contributed by atoms with Gasteiger partial charge in [0.1, 0.15) is 0 Å². The number of likely N-dealkylation sites (tertiary alicyclic amines) is 1. The summed E-state index contributed by atoms with van der Waals surface area (Å²) in [5.41, 5.74) is 7.03. The number of nitrogens with zero attached hydrogens (tertiary/aromatic N) is 1. The summed E-state index contributed by atoms with van der Waals surface area (Å²) in [4.78, 5) is 14.7. The minimum atomic E-state index is 0.119. The van der Waals surface area contributed by atoms with Gasteiger partial charge < -0.3 is 10.6 Å². The molecule has 1 aromatic carbocycles. The zero-order valence-electron chi connectivity index (χ0n) is 11.6. The van der Waals surface area contributed by atoms with Gasteiger partial charge in [0.15, 0.2) is 0 Å². The molecule has 2 aliphatic rings. The van der Waals surface area contributed by atoms with Crippen molar-refractivity contribution in [2.75, 3.05) is 6.54 Å². The normalized spacial score (nSPS) is 29.9. The molecule has 0 spiro atoms. The Morgan fingerprint density at radius 2 is 2.05 bits per heavy atom. The summed E-state index contributed by atoms with van der Waals surface area (Å²) in [6, 6.07) is 8.22. The van der Waals surface area contributed by atoms with E-state index in [0.717, 1.165) is 49.2 Å². The Morgan fingerprint density at radius 1 is 1.25 bits per heavy atom. The second kappa shape index (κ2) is 5.74. The highest BCUT2D eigenvalue weighted by Crippen LogP contribution is 2.38. The van der Waals surface area contributed by atoms with Gasteiger partial charge in [-0.2, -0.15) is 0 Å². The lowest BCUT2D eigenvalue weighted by Crippen LogP contribution is -2.35. The van der Waals surface area contributed by atoms with Crippen LogP contribution in [0.5, 0.6) is 0 Å². The number of amides is 1. The first-order chi connectivity index (χ1) is 9.66. The maximum Gasteiger partial charge on any atom is 0.226 e. The molecule has 0 radical (unpaired) electrons. The highest BCUT2D eigenvalue weighted by molar-refractivity contribution is 6.31. The van der Waals surface area contributed by atoms with E-state index in [0.29, 0.717) is 0 Å². The molecule has 2 N–H and O–H groups in total. The van der Waals surface area contributed by atoms with Crippen molar-refractivity contribution in [2.24, 2.45) is 11.7 Å². The zero-order chi connectivity index (χ0) is 14.1. The standard InChI is InChI=1S/C16H21ClN2O/c17-14-5-2-1-4-13(14)15-6-3-9-19(15)16(20)11-7-8-12(18)10-11/h1-2,4-5,11-12,15H,3,6-10,18H2/t11-,12+,15-/m0/s1. The molecular weight excluding hydrogens is 272 g/mol.